The molecule has 0 aromatic heterocycles. The summed E-state index contributed by atoms with van der Waals surface area (Å²) in [5.74, 6) is -0.431. The van der Waals surface area contributed by atoms with Gasteiger partial charge in [-0.1, -0.05) is 54.1 Å². The number of nitrogens with one attached hydrogen (secondary N) is 2. The zero-order valence-electron chi connectivity index (χ0n) is 15.8. The topological polar surface area (TPSA) is 84.5 Å². The lowest BCUT2D eigenvalue weighted by Gasteiger charge is -2.28. The molecule has 1 aliphatic heterocycles. The number of sulfonamides is 1. The van der Waals surface area contributed by atoms with E-state index in [-0.39, 0.29) is 11.5 Å². The van der Waals surface area contributed by atoms with E-state index < -0.39 is 22.2 Å². The normalized spacial score (nSPS) is 17.1. The maximum Gasteiger partial charge on any atom is 0.338 e. The van der Waals surface area contributed by atoms with Crippen molar-refractivity contribution in [2.24, 2.45) is 0 Å². The van der Waals surface area contributed by atoms with Crippen molar-refractivity contribution in [3.63, 3.8) is 0 Å². The number of carbonyl (C=O) groups is 1. The number of hydrogen-bond donors (Lipinski definition) is 2. The molecule has 0 spiro atoms. The Bertz CT molecular complexity index is 1140. The number of para-hydroxylation sites is 1. The number of esters is 1. The molecule has 1 heterocycles. The Morgan fingerprint density at radius 1 is 0.966 bits per heavy atom. The second-order valence-corrected chi connectivity index (χ2v) is 8.56. The largest absolute Gasteiger partial charge is 0.457 e. The van der Waals surface area contributed by atoms with Crippen molar-refractivity contribution in [3.05, 3.63) is 95.1 Å². The Hall–Kier alpha value is -3.16. The fourth-order valence-electron chi connectivity index (χ4n) is 3.10. The first kappa shape index (κ1) is 19.2. The van der Waals surface area contributed by atoms with Crippen molar-refractivity contribution in [1.29, 1.82) is 0 Å². The monoisotopic (exact) mass is 408 g/mol. The molecule has 0 radical (unpaired) electrons. The lowest BCUT2D eigenvalue weighted by Crippen LogP contribution is -2.38. The molecule has 148 valence electrons. The third-order valence-corrected chi connectivity index (χ3v) is 6.20. The predicted molar refractivity (Wildman–Crippen MR) is 110 cm³/mol. The van der Waals surface area contributed by atoms with E-state index in [2.05, 4.69) is 10.0 Å². The molecule has 1 atom stereocenters. The summed E-state index contributed by atoms with van der Waals surface area (Å²) in [6.07, 6.45) is -0.618. The van der Waals surface area contributed by atoms with Crippen molar-refractivity contribution < 1.29 is 17.9 Å². The maximum atomic E-state index is 12.4. The van der Waals surface area contributed by atoms with Gasteiger partial charge in [0.2, 0.25) is 10.0 Å². The van der Waals surface area contributed by atoms with E-state index in [9.17, 15) is 13.2 Å². The summed E-state index contributed by atoms with van der Waals surface area (Å²) in [6.45, 7) is 2.19. The Morgan fingerprint density at radius 3 is 2.38 bits per heavy atom. The first-order chi connectivity index (χ1) is 13.9. The van der Waals surface area contributed by atoms with Gasteiger partial charge in [0.1, 0.15) is 17.7 Å². The molecule has 6 nitrogen and oxygen atoms in total. The van der Waals surface area contributed by atoms with Crippen LogP contribution in [0.1, 0.15) is 33.2 Å². The predicted octanol–water partition coefficient (Wildman–Crippen LogP) is 3.75. The van der Waals surface area contributed by atoms with Crippen LogP contribution in [0.5, 0.6) is 0 Å². The highest BCUT2D eigenvalue weighted by atomic mass is 32.2. The van der Waals surface area contributed by atoms with Crippen molar-refractivity contribution in [3.8, 4) is 0 Å². The van der Waals surface area contributed by atoms with Crippen LogP contribution in [0.3, 0.4) is 0 Å². The van der Waals surface area contributed by atoms with Gasteiger partial charge in [0, 0.05) is 0 Å². The van der Waals surface area contributed by atoms with Crippen molar-refractivity contribution in [1.82, 2.24) is 4.72 Å². The fourth-order valence-corrected chi connectivity index (χ4v) is 4.41. The summed E-state index contributed by atoms with van der Waals surface area (Å²) in [7, 11) is -3.61. The minimum Gasteiger partial charge on any atom is -0.457 e. The maximum absolute atomic E-state index is 12.4. The smallest absolute Gasteiger partial charge is 0.338 e. The minimum absolute atomic E-state index is 0.196. The number of fused-ring (bicyclic) bond motifs is 1. The Kier molecular flexibility index (Phi) is 5.08. The summed E-state index contributed by atoms with van der Waals surface area (Å²) < 4.78 is 32.9. The standard InChI is InChI=1S/C22H20N2O4S/c1-15-6-8-16(9-7-15)14-28-22(25)18-12-10-17(11-13-18)21-23-19-4-2-3-5-20(19)29(26,27)24-21/h2-13,21,23-24H,14H2,1H3/t21-/m0/s1. The van der Waals surface area contributed by atoms with E-state index in [0.29, 0.717) is 16.8 Å². The average molecular weight is 408 g/mol. The highest BCUT2D eigenvalue weighted by molar-refractivity contribution is 7.89. The highest BCUT2D eigenvalue weighted by Crippen LogP contribution is 2.30. The van der Waals surface area contributed by atoms with E-state index in [4.69, 9.17) is 4.74 Å². The van der Waals surface area contributed by atoms with E-state index >= 15 is 0 Å². The van der Waals surface area contributed by atoms with Crippen molar-refractivity contribution in [2.75, 3.05) is 5.32 Å². The van der Waals surface area contributed by atoms with Crippen LogP contribution in [0.4, 0.5) is 5.69 Å². The molecule has 2 N–H and O–H groups in total. The molecule has 0 saturated heterocycles. The fraction of sp³-hybridized carbons (Fsp3) is 0.136. The molecule has 0 amide bonds. The van der Waals surface area contributed by atoms with Gasteiger partial charge in [-0.25, -0.2) is 13.2 Å². The number of rotatable bonds is 4. The first-order valence-electron chi connectivity index (χ1n) is 9.13. The third kappa shape index (κ3) is 4.16. The average Bonchev–Trinajstić information content (AvgIpc) is 2.73. The van der Waals surface area contributed by atoms with Crippen LogP contribution in [-0.2, 0) is 21.4 Å². The Labute approximate surface area is 169 Å². The van der Waals surface area contributed by atoms with Crippen LogP contribution >= 0.6 is 0 Å². The second-order valence-electron chi connectivity index (χ2n) is 6.88. The molecule has 0 aliphatic carbocycles. The van der Waals surface area contributed by atoms with Crippen LogP contribution in [-0.4, -0.2) is 14.4 Å². The van der Waals surface area contributed by atoms with Gasteiger partial charge >= 0.3 is 5.97 Å². The molecule has 7 heteroatoms. The number of ether oxygens (including phenoxy) is 1. The second kappa shape index (κ2) is 7.69. The van der Waals surface area contributed by atoms with Crippen molar-refractivity contribution in [2.45, 2.75) is 24.6 Å². The number of aryl methyl sites for hydroxylation is 1. The summed E-state index contributed by atoms with van der Waals surface area (Å²) in [6, 6.07) is 21.2. The van der Waals surface area contributed by atoms with Crippen LogP contribution in [0.25, 0.3) is 0 Å². The quantitative estimate of drug-likeness (QED) is 0.642. The molecular formula is C22H20N2O4S. The van der Waals surface area contributed by atoms with Gasteiger partial charge in [0.05, 0.1) is 11.3 Å². The van der Waals surface area contributed by atoms with Crippen LogP contribution in [0.2, 0.25) is 0 Å². The van der Waals surface area contributed by atoms with Crippen molar-refractivity contribution >= 4 is 21.7 Å². The zero-order chi connectivity index (χ0) is 20.4. The third-order valence-electron chi connectivity index (χ3n) is 4.72. The van der Waals surface area contributed by atoms with Crippen LogP contribution in [0, 0.1) is 6.92 Å². The summed E-state index contributed by atoms with van der Waals surface area (Å²) in [5, 5.41) is 3.16. The number of benzene rings is 3. The van der Waals surface area contributed by atoms with Gasteiger partial charge in [0.25, 0.3) is 0 Å². The summed E-state index contributed by atoms with van der Waals surface area (Å²) >= 11 is 0. The Morgan fingerprint density at radius 2 is 1.66 bits per heavy atom. The van der Waals surface area contributed by atoms with Gasteiger partial charge in [0.15, 0.2) is 0 Å². The molecule has 1 aliphatic rings. The number of carbonyl (C=O) groups excluding carboxylic acids is 1. The molecule has 3 aromatic carbocycles. The van der Waals surface area contributed by atoms with Crippen LogP contribution in [0.15, 0.2) is 77.7 Å². The molecule has 0 unspecified atom stereocenters. The molecule has 3 aromatic rings. The van der Waals surface area contributed by atoms with Gasteiger partial charge in [-0.05, 0) is 42.3 Å². The van der Waals surface area contributed by atoms with E-state index in [1.54, 1.807) is 48.5 Å². The van der Waals surface area contributed by atoms with Gasteiger partial charge in [-0.3, -0.25) is 0 Å². The van der Waals surface area contributed by atoms with E-state index in [1.807, 2.05) is 31.2 Å². The number of hydrogen-bond acceptors (Lipinski definition) is 5. The molecule has 4 rings (SSSR count). The highest BCUT2D eigenvalue weighted by Gasteiger charge is 2.29. The van der Waals surface area contributed by atoms with Gasteiger partial charge in [-0.15, -0.1) is 0 Å². The summed E-state index contributed by atoms with van der Waals surface area (Å²) in [4.78, 5) is 12.5. The van der Waals surface area contributed by atoms with Gasteiger partial charge in [-0.2, -0.15) is 4.72 Å². The zero-order valence-corrected chi connectivity index (χ0v) is 16.6. The molecule has 0 fully saturated rings. The molecule has 0 saturated carbocycles. The lowest BCUT2D eigenvalue weighted by atomic mass is 10.1. The lowest BCUT2D eigenvalue weighted by molar-refractivity contribution is 0.0472. The molecular weight excluding hydrogens is 388 g/mol. The van der Waals surface area contributed by atoms with E-state index in [1.165, 1.54) is 0 Å². The first-order valence-corrected chi connectivity index (χ1v) is 10.6. The summed E-state index contributed by atoms with van der Waals surface area (Å²) in [5.41, 5.74) is 3.70. The Balaban J connectivity index is 1.45. The van der Waals surface area contributed by atoms with Crippen LogP contribution < -0.4 is 10.0 Å². The molecule has 29 heavy (non-hydrogen) atoms. The van der Waals surface area contributed by atoms with Gasteiger partial charge < -0.3 is 10.1 Å². The minimum atomic E-state index is -3.61. The van der Waals surface area contributed by atoms with E-state index in [0.717, 1.165) is 11.1 Å². The molecule has 0 bridgehead atoms. The number of anilines is 1. The SMILES string of the molecule is Cc1ccc(COC(=O)c2ccc([C@H]3Nc4ccccc4S(=O)(=O)N3)cc2)cc1.